The summed E-state index contributed by atoms with van der Waals surface area (Å²) in [5.74, 6) is -0.303. The van der Waals surface area contributed by atoms with Crippen LogP contribution in [0.15, 0.2) is 12.2 Å². The molecule has 0 spiro atoms. The first-order chi connectivity index (χ1) is 6.69. The standard InChI is InChI=1S/C11H22O3Si/c1-7-8-9-13-10(12)11(2,3)14-15(4,5)6/h7-8H,9H2,1-6H3. The lowest BCUT2D eigenvalue weighted by molar-refractivity contribution is -0.158. The fourth-order valence-corrected chi connectivity index (χ4v) is 2.82. The van der Waals surface area contributed by atoms with E-state index in [4.69, 9.17) is 9.16 Å². The SMILES string of the molecule is CC=CCOC(=O)C(C)(C)O[Si](C)(C)C. The Bertz CT molecular complexity index is 239. The molecule has 0 fully saturated rings. The Morgan fingerprint density at radius 3 is 2.27 bits per heavy atom. The molecular formula is C11H22O3Si. The first kappa shape index (κ1) is 14.4. The van der Waals surface area contributed by atoms with E-state index in [1.54, 1.807) is 19.9 Å². The van der Waals surface area contributed by atoms with E-state index in [0.29, 0.717) is 6.61 Å². The molecule has 0 N–H and O–H groups in total. The van der Waals surface area contributed by atoms with Crippen LogP contribution in [0.1, 0.15) is 20.8 Å². The molecule has 0 radical (unpaired) electrons. The summed E-state index contributed by atoms with van der Waals surface area (Å²) in [6.07, 6.45) is 3.64. The number of esters is 1. The van der Waals surface area contributed by atoms with Crippen LogP contribution in [-0.2, 0) is 14.0 Å². The highest BCUT2D eigenvalue weighted by Crippen LogP contribution is 2.18. The van der Waals surface area contributed by atoms with E-state index in [-0.39, 0.29) is 5.97 Å². The Morgan fingerprint density at radius 1 is 1.33 bits per heavy atom. The number of hydrogen-bond acceptors (Lipinski definition) is 3. The predicted octanol–water partition coefficient (Wildman–Crippen LogP) is 2.74. The maximum Gasteiger partial charge on any atom is 0.336 e. The third-order valence-corrected chi connectivity index (χ3v) is 2.72. The lowest BCUT2D eigenvalue weighted by Gasteiger charge is -2.30. The average molecular weight is 230 g/mol. The number of hydrogen-bond donors (Lipinski definition) is 0. The smallest absolute Gasteiger partial charge is 0.336 e. The van der Waals surface area contributed by atoms with Crippen molar-refractivity contribution in [1.82, 2.24) is 0 Å². The van der Waals surface area contributed by atoms with Crippen molar-refractivity contribution >= 4 is 14.3 Å². The predicted molar refractivity (Wildman–Crippen MR) is 64.3 cm³/mol. The number of rotatable bonds is 5. The summed E-state index contributed by atoms with van der Waals surface area (Å²) in [5, 5.41) is 0. The van der Waals surface area contributed by atoms with Crippen LogP contribution < -0.4 is 0 Å². The molecule has 3 nitrogen and oxygen atoms in total. The van der Waals surface area contributed by atoms with Crippen LogP contribution in [0.3, 0.4) is 0 Å². The Hall–Kier alpha value is -0.613. The Balaban J connectivity index is 4.26. The fourth-order valence-electron chi connectivity index (χ4n) is 1.20. The van der Waals surface area contributed by atoms with Crippen LogP contribution >= 0.6 is 0 Å². The monoisotopic (exact) mass is 230 g/mol. The van der Waals surface area contributed by atoms with E-state index >= 15 is 0 Å². The van der Waals surface area contributed by atoms with Crippen molar-refractivity contribution in [2.75, 3.05) is 6.61 Å². The summed E-state index contributed by atoms with van der Waals surface area (Å²) in [6, 6.07) is 0. The highest BCUT2D eigenvalue weighted by molar-refractivity contribution is 6.70. The summed E-state index contributed by atoms with van der Waals surface area (Å²) in [6.45, 7) is 11.9. The Kier molecular flexibility index (Phi) is 5.24. The van der Waals surface area contributed by atoms with Crippen LogP contribution in [-0.4, -0.2) is 26.5 Å². The summed E-state index contributed by atoms with van der Waals surface area (Å²) in [5.41, 5.74) is -0.841. The number of allylic oxidation sites excluding steroid dienone is 1. The topological polar surface area (TPSA) is 35.5 Å². The van der Waals surface area contributed by atoms with E-state index in [1.165, 1.54) is 0 Å². The molecule has 0 amide bonds. The largest absolute Gasteiger partial charge is 0.459 e. The van der Waals surface area contributed by atoms with E-state index in [9.17, 15) is 4.79 Å². The van der Waals surface area contributed by atoms with Gasteiger partial charge in [0.05, 0.1) is 0 Å². The van der Waals surface area contributed by atoms with Gasteiger partial charge in [-0.3, -0.25) is 0 Å². The van der Waals surface area contributed by atoms with Gasteiger partial charge in [-0.05, 0) is 40.4 Å². The van der Waals surface area contributed by atoms with E-state index in [2.05, 4.69) is 0 Å². The molecular weight excluding hydrogens is 208 g/mol. The van der Waals surface area contributed by atoms with E-state index in [0.717, 1.165) is 0 Å². The molecule has 0 heterocycles. The molecule has 0 aromatic heterocycles. The summed E-state index contributed by atoms with van der Waals surface area (Å²) in [7, 11) is -1.72. The van der Waals surface area contributed by atoms with E-state index in [1.807, 2.05) is 32.6 Å². The van der Waals surface area contributed by atoms with Gasteiger partial charge in [-0.1, -0.05) is 12.2 Å². The van der Waals surface area contributed by atoms with Crippen LogP contribution in [0.2, 0.25) is 19.6 Å². The van der Waals surface area contributed by atoms with Crippen LogP contribution in [0, 0.1) is 0 Å². The zero-order chi connectivity index (χ0) is 12.1. The second-order valence-electron chi connectivity index (χ2n) is 4.89. The maximum atomic E-state index is 11.7. The first-order valence-corrected chi connectivity index (χ1v) is 8.58. The van der Waals surface area contributed by atoms with Gasteiger partial charge < -0.3 is 9.16 Å². The maximum absolute atomic E-state index is 11.7. The third-order valence-electron chi connectivity index (χ3n) is 1.60. The quantitative estimate of drug-likeness (QED) is 0.414. The van der Waals surface area contributed by atoms with E-state index < -0.39 is 13.9 Å². The summed E-state index contributed by atoms with van der Waals surface area (Å²) in [4.78, 5) is 11.7. The molecule has 0 saturated carbocycles. The van der Waals surface area contributed by atoms with Crippen molar-refractivity contribution in [3.63, 3.8) is 0 Å². The second-order valence-corrected chi connectivity index (χ2v) is 9.32. The molecule has 0 aromatic carbocycles. The van der Waals surface area contributed by atoms with Crippen molar-refractivity contribution < 1.29 is 14.0 Å². The summed E-state index contributed by atoms with van der Waals surface area (Å²) < 4.78 is 10.8. The normalized spacial score (nSPS) is 13.2. The van der Waals surface area contributed by atoms with Crippen molar-refractivity contribution in [2.24, 2.45) is 0 Å². The molecule has 15 heavy (non-hydrogen) atoms. The minimum Gasteiger partial charge on any atom is -0.459 e. The lowest BCUT2D eigenvalue weighted by Crippen LogP contribution is -2.45. The molecule has 0 unspecified atom stereocenters. The van der Waals surface area contributed by atoms with Crippen molar-refractivity contribution in [1.29, 1.82) is 0 Å². The van der Waals surface area contributed by atoms with Crippen LogP contribution in [0.25, 0.3) is 0 Å². The zero-order valence-corrected chi connectivity index (χ0v) is 11.6. The molecule has 4 heteroatoms. The van der Waals surface area contributed by atoms with Gasteiger partial charge in [0.15, 0.2) is 8.32 Å². The fraction of sp³-hybridized carbons (Fsp3) is 0.727. The molecule has 88 valence electrons. The van der Waals surface area contributed by atoms with Gasteiger partial charge in [0.1, 0.15) is 12.2 Å². The number of carbonyl (C=O) groups excluding carboxylic acids is 1. The molecule has 0 aliphatic rings. The van der Waals surface area contributed by atoms with Gasteiger partial charge in [0.25, 0.3) is 0 Å². The van der Waals surface area contributed by atoms with Crippen LogP contribution in [0.4, 0.5) is 0 Å². The minimum atomic E-state index is -1.72. The van der Waals surface area contributed by atoms with Crippen molar-refractivity contribution in [3.8, 4) is 0 Å². The lowest BCUT2D eigenvalue weighted by atomic mass is 10.1. The van der Waals surface area contributed by atoms with Gasteiger partial charge >= 0.3 is 5.97 Å². The molecule has 0 rings (SSSR count). The molecule has 0 aromatic rings. The van der Waals surface area contributed by atoms with Gasteiger partial charge in [-0.2, -0.15) is 0 Å². The van der Waals surface area contributed by atoms with Crippen LogP contribution in [0.5, 0.6) is 0 Å². The zero-order valence-electron chi connectivity index (χ0n) is 10.6. The molecule has 0 aliphatic heterocycles. The van der Waals surface area contributed by atoms with Crippen molar-refractivity contribution in [3.05, 3.63) is 12.2 Å². The number of carbonyl (C=O) groups is 1. The van der Waals surface area contributed by atoms with Gasteiger partial charge in [-0.25, -0.2) is 4.79 Å². The minimum absolute atomic E-state index is 0.303. The summed E-state index contributed by atoms with van der Waals surface area (Å²) >= 11 is 0. The second kappa shape index (κ2) is 5.46. The van der Waals surface area contributed by atoms with Gasteiger partial charge in [-0.15, -0.1) is 0 Å². The van der Waals surface area contributed by atoms with Gasteiger partial charge in [0.2, 0.25) is 0 Å². The first-order valence-electron chi connectivity index (χ1n) is 5.17. The highest BCUT2D eigenvalue weighted by Gasteiger charge is 2.35. The Labute approximate surface area is 93.6 Å². The average Bonchev–Trinajstić information content (AvgIpc) is 2.00. The van der Waals surface area contributed by atoms with Crippen molar-refractivity contribution in [2.45, 2.75) is 46.0 Å². The molecule has 0 bridgehead atoms. The molecule has 0 aliphatic carbocycles. The molecule has 0 atom stereocenters. The van der Waals surface area contributed by atoms with Gasteiger partial charge in [0, 0.05) is 0 Å². The number of ether oxygens (including phenoxy) is 1. The molecule has 0 saturated heterocycles. The highest BCUT2D eigenvalue weighted by atomic mass is 28.4. The Morgan fingerprint density at radius 2 is 1.87 bits per heavy atom. The third kappa shape index (κ3) is 6.46.